The van der Waals surface area contributed by atoms with E-state index in [0.29, 0.717) is 6.54 Å². The minimum atomic E-state index is 0.536. The van der Waals surface area contributed by atoms with Crippen molar-refractivity contribution in [3.63, 3.8) is 0 Å². The molecule has 0 aliphatic carbocycles. The summed E-state index contributed by atoms with van der Waals surface area (Å²) >= 11 is 6.23. The molecule has 0 bridgehead atoms. The molecule has 0 spiro atoms. The molecule has 112 valence electrons. The molecule has 21 heavy (non-hydrogen) atoms. The molecule has 2 aromatic rings. The Morgan fingerprint density at radius 1 is 0.857 bits per heavy atom. The molecule has 0 aromatic heterocycles. The van der Waals surface area contributed by atoms with Crippen molar-refractivity contribution in [1.82, 2.24) is 0 Å². The fraction of sp³-hybridized carbons (Fsp3) is 0.368. The lowest BCUT2D eigenvalue weighted by molar-refractivity contribution is 1.03. The standard InChI is InChI=1S/C19H24ClN/c1-4-13-9-14(5-2)19(15(6-3)10-13)18-11-17(20)8-7-16(18)12-21/h7-11H,4-6,12,21H2,1-3H3. The van der Waals surface area contributed by atoms with Crippen molar-refractivity contribution >= 4 is 11.6 Å². The molecule has 1 nitrogen and oxygen atoms in total. The van der Waals surface area contributed by atoms with Crippen LogP contribution in [0.15, 0.2) is 30.3 Å². The van der Waals surface area contributed by atoms with Crippen LogP contribution in [0.1, 0.15) is 43.0 Å². The first-order valence-corrected chi connectivity index (χ1v) is 8.15. The second-order valence-corrected chi connectivity index (χ2v) is 5.79. The third-order valence-electron chi connectivity index (χ3n) is 4.09. The van der Waals surface area contributed by atoms with Crippen LogP contribution in [0.3, 0.4) is 0 Å². The Hall–Kier alpha value is -1.31. The molecular weight excluding hydrogens is 278 g/mol. The Bertz CT molecular complexity index is 606. The first kappa shape index (κ1) is 16.1. The molecule has 0 unspecified atom stereocenters. The van der Waals surface area contributed by atoms with Crippen molar-refractivity contribution in [3.05, 3.63) is 57.6 Å². The van der Waals surface area contributed by atoms with Crippen molar-refractivity contribution in [3.8, 4) is 11.1 Å². The van der Waals surface area contributed by atoms with Crippen LogP contribution in [0.5, 0.6) is 0 Å². The van der Waals surface area contributed by atoms with Gasteiger partial charge >= 0.3 is 0 Å². The van der Waals surface area contributed by atoms with Crippen molar-refractivity contribution in [2.75, 3.05) is 0 Å². The van der Waals surface area contributed by atoms with Gasteiger partial charge in [0.2, 0.25) is 0 Å². The van der Waals surface area contributed by atoms with Gasteiger partial charge in [0.25, 0.3) is 0 Å². The van der Waals surface area contributed by atoms with Crippen LogP contribution in [0, 0.1) is 0 Å². The summed E-state index contributed by atoms with van der Waals surface area (Å²) in [6.45, 7) is 7.17. The van der Waals surface area contributed by atoms with Gasteiger partial charge in [-0.05, 0) is 64.8 Å². The van der Waals surface area contributed by atoms with Crippen molar-refractivity contribution in [2.45, 2.75) is 46.6 Å². The Balaban J connectivity index is 2.75. The number of halogens is 1. The number of benzene rings is 2. The largest absolute Gasteiger partial charge is 0.326 e. The summed E-state index contributed by atoms with van der Waals surface area (Å²) in [5, 5.41) is 0.769. The zero-order valence-corrected chi connectivity index (χ0v) is 13.9. The summed E-state index contributed by atoms with van der Waals surface area (Å²) in [5.74, 6) is 0. The van der Waals surface area contributed by atoms with Gasteiger partial charge < -0.3 is 5.73 Å². The summed E-state index contributed by atoms with van der Waals surface area (Å²) in [6, 6.07) is 10.7. The molecule has 0 radical (unpaired) electrons. The monoisotopic (exact) mass is 301 g/mol. The first-order valence-electron chi connectivity index (χ1n) is 7.78. The van der Waals surface area contributed by atoms with E-state index in [-0.39, 0.29) is 0 Å². The molecule has 0 saturated heterocycles. The first-order chi connectivity index (χ1) is 10.1. The molecule has 2 heteroatoms. The van der Waals surface area contributed by atoms with Gasteiger partial charge in [-0.2, -0.15) is 0 Å². The maximum atomic E-state index is 6.23. The van der Waals surface area contributed by atoms with Gasteiger partial charge in [-0.25, -0.2) is 0 Å². The van der Waals surface area contributed by atoms with Gasteiger partial charge in [-0.15, -0.1) is 0 Å². The summed E-state index contributed by atoms with van der Waals surface area (Å²) in [7, 11) is 0. The summed E-state index contributed by atoms with van der Waals surface area (Å²) in [6.07, 6.45) is 3.11. The third-order valence-corrected chi connectivity index (χ3v) is 4.33. The molecule has 0 aliphatic heterocycles. The van der Waals surface area contributed by atoms with Crippen molar-refractivity contribution in [1.29, 1.82) is 0 Å². The van der Waals surface area contributed by atoms with Gasteiger partial charge in [-0.1, -0.05) is 50.6 Å². The van der Waals surface area contributed by atoms with E-state index in [1.165, 1.54) is 27.8 Å². The van der Waals surface area contributed by atoms with Gasteiger partial charge in [0.1, 0.15) is 0 Å². The van der Waals surface area contributed by atoms with Crippen molar-refractivity contribution < 1.29 is 0 Å². The Morgan fingerprint density at radius 3 is 1.95 bits per heavy atom. The SMILES string of the molecule is CCc1cc(CC)c(-c2cc(Cl)ccc2CN)c(CC)c1. The number of rotatable bonds is 5. The lowest BCUT2D eigenvalue weighted by Gasteiger charge is -2.18. The zero-order chi connectivity index (χ0) is 15.4. The van der Waals surface area contributed by atoms with Crippen molar-refractivity contribution in [2.24, 2.45) is 5.73 Å². The van der Waals surface area contributed by atoms with Gasteiger partial charge in [0, 0.05) is 11.6 Å². The van der Waals surface area contributed by atoms with Gasteiger partial charge in [0.05, 0.1) is 0 Å². The second-order valence-electron chi connectivity index (χ2n) is 5.36. The highest BCUT2D eigenvalue weighted by atomic mass is 35.5. The lowest BCUT2D eigenvalue weighted by atomic mass is 9.87. The van der Waals surface area contributed by atoms with E-state index in [2.05, 4.69) is 39.0 Å². The molecule has 2 rings (SSSR count). The molecule has 0 heterocycles. The highest BCUT2D eigenvalue weighted by Crippen LogP contribution is 2.34. The number of nitrogens with two attached hydrogens (primary N) is 1. The Kier molecular flexibility index (Phi) is 5.44. The van der Waals surface area contributed by atoms with E-state index < -0.39 is 0 Å². The maximum Gasteiger partial charge on any atom is 0.0412 e. The van der Waals surface area contributed by atoms with E-state index in [1.807, 2.05) is 12.1 Å². The van der Waals surface area contributed by atoms with E-state index in [4.69, 9.17) is 17.3 Å². The van der Waals surface area contributed by atoms with Crippen LogP contribution >= 0.6 is 11.6 Å². The predicted molar refractivity (Wildman–Crippen MR) is 92.9 cm³/mol. The Labute approximate surface area is 133 Å². The number of aryl methyl sites for hydroxylation is 3. The molecule has 0 fully saturated rings. The maximum absolute atomic E-state index is 6.23. The van der Waals surface area contributed by atoms with Gasteiger partial charge in [0.15, 0.2) is 0 Å². The minimum Gasteiger partial charge on any atom is -0.326 e. The molecule has 0 atom stereocenters. The fourth-order valence-corrected chi connectivity index (χ4v) is 3.08. The highest BCUT2D eigenvalue weighted by molar-refractivity contribution is 6.30. The zero-order valence-electron chi connectivity index (χ0n) is 13.2. The topological polar surface area (TPSA) is 26.0 Å². The Morgan fingerprint density at radius 2 is 1.48 bits per heavy atom. The predicted octanol–water partition coefficient (Wildman–Crippen LogP) is 5.15. The van der Waals surface area contributed by atoms with E-state index in [9.17, 15) is 0 Å². The molecule has 2 aromatic carbocycles. The summed E-state index contributed by atoms with van der Waals surface area (Å²) < 4.78 is 0. The molecule has 0 saturated carbocycles. The van der Waals surface area contributed by atoms with Crippen LogP contribution < -0.4 is 5.73 Å². The van der Waals surface area contributed by atoms with Crippen LogP contribution in [-0.2, 0) is 25.8 Å². The fourth-order valence-electron chi connectivity index (χ4n) is 2.91. The molecular formula is C19H24ClN. The van der Waals surface area contributed by atoms with E-state index in [0.717, 1.165) is 29.8 Å². The van der Waals surface area contributed by atoms with E-state index in [1.54, 1.807) is 0 Å². The number of hydrogen-bond donors (Lipinski definition) is 1. The average molecular weight is 302 g/mol. The lowest BCUT2D eigenvalue weighted by Crippen LogP contribution is -2.03. The van der Waals surface area contributed by atoms with Crippen LogP contribution in [0.4, 0.5) is 0 Å². The average Bonchev–Trinajstić information content (AvgIpc) is 2.53. The second kappa shape index (κ2) is 7.11. The summed E-state index contributed by atoms with van der Waals surface area (Å²) in [4.78, 5) is 0. The summed E-state index contributed by atoms with van der Waals surface area (Å²) in [5.41, 5.74) is 13.8. The van der Waals surface area contributed by atoms with Crippen LogP contribution in [0.25, 0.3) is 11.1 Å². The molecule has 0 amide bonds. The molecule has 2 N–H and O–H groups in total. The highest BCUT2D eigenvalue weighted by Gasteiger charge is 2.14. The van der Waals surface area contributed by atoms with Crippen LogP contribution in [-0.4, -0.2) is 0 Å². The quantitative estimate of drug-likeness (QED) is 0.811. The normalized spacial score (nSPS) is 10.9. The molecule has 0 aliphatic rings. The minimum absolute atomic E-state index is 0.536. The smallest absolute Gasteiger partial charge is 0.0412 e. The number of hydrogen-bond acceptors (Lipinski definition) is 1. The van der Waals surface area contributed by atoms with E-state index >= 15 is 0 Å². The third kappa shape index (κ3) is 3.30. The van der Waals surface area contributed by atoms with Gasteiger partial charge in [-0.3, -0.25) is 0 Å². The van der Waals surface area contributed by atoms with Crippen LogP contribution in [0.2, 0.25) is 5.02 Å².